The monoisotopic (exact) mass is 235 g/mol. The molecular weight excluding hydrogens is 218 g/mol. The van der Waals surface area contributed by atoms with E-state index in [1.54, 1.807) is 0 Å². The summed E-state index contributed by atoms with van der Waals surface area (Å²) in [4.78, 5) is 11.0. The molecule has 0 fully saturated rings. The number of fused-ring (bicyclic) bond motifs is 1. The van der Waals surface area contributed by atoms with Crippen LogP contribution in [0.15, 0.2) is 24.3 Å². The fourth-order valence-corrected chi connectivity index (χ4v) is 2.11. The van der Waals surface area contributed by atoms with Gasteiger partial charge in [0, 0.05) is 11.5 Å². The number of rotatable bonds is 1. The molecule has 0 saturated carbocycles. The lowest BCUT2D eigenvalue weighted by molar-refractivity contribution is -0.0490. The molecule has 1 aliphatic heterocycles. The van der Waals surface area contributed by atoms with Crippen molar-refractivity contribution in [3.63, 3.8) is 0 Å². The van der Waals surface area contributed by atoms with Crippen molar-refractivity contribution < 1.29 is 14.3 Å². The molecule has 17 heavy (non-hydrogen) atoms. The third-order valence-electron chi connectivity index (χ3n) is 3.39. The molecule has 0 radical (unpaired) electrons. The van der Waals surface area contributed by atoms with E-state index in [1.807, 2.05) is 45.0 Å². The smallest absolute Gasteiger partial charge is 0.405 e. The molecule has 0 aromatic heterocycles. The summed E-state index contributed by atoms with van der Waals surface area (Å²) in [7, 11) is 0. The predicted molar refractivity (Wildman–Crippen MR) is 63.7 cm³/mol. The Morgan fingerprint density at radius 3 is 2.71 bits per heavy atom. The first kappa shape index (κ1) is 11.8. The first-order valence-corrected chi connectivity index (χ1v) is 5.66. The Morgan fingerprint density at radius 2 is 2.06 bits per heavy atom. The number of primary amides is 1. The summed E-state index contributed by atoms with van der Waals surface area (Å²) in [5, 5.41) is 0. The minimum Gasteiger partial charge on any atom is -0.487 e. The van der Waals surface area contributed by atoms with E-state index in [9.17, 15) is 4.79 Å². The minimum atomic E-state index is -0.755. The van der Waals surface area contributed by atoms with Crippen molar-refractivity contribution in [2.75, 3.05) is 0 Å². The molecule has 2 atom stereocenters. The van der Waals surface area contributed by atoms with Crippen LogP contribution in [0.25, 0.3) is 0 Å². The molecule has 4 nitrogen and oxygen atoms in total. The lowest BCUT2D eigenvalue weighted by Crippen LogP contribution is -2.44. The fraction of sp³-hybridized carbons (Fsp3) is 0.462. The summed E-state index contributed by atoms with van der Waals surface area (Å²) in [6, 6.07) is 7.56. The second-order valence-electron chi connectivity index (χ2n) is 4.89. The number of ether oxygens (including phenoxy) is 2. The SMILES string of the molecule is CC1C(OC(N)=O)c2ccccc2OC1(C)C. The Labute approximate surface area is 101 Å². The Balaban J connectivity index is 2.44. The summed E-state index contributed by atoms with van der Waals surface area (Å²) < 4.78 is 11.1. The van der Waals surface area contributed by atoms with Crippen LogP contribution in [-0.2, 0) is 4.74 Å². The third-order valence-corrected chi connectivity index (χ3v) is 3.39. The first-order chi connectivity index (χ1) is 7.92. The molecule has 92 valence electrons. The highest BCUT2D eigenvalue weighted by Crippen LogP contribution is 2.45. The van der Waals surface area contributed by atoms with Crippen LogP contribution in [0, 0.1) is 5.92 Å². The molecule has 2 rings (SSSR count). The molecule has 0 aliphatic carbocycles. The van der Waals surface area contributed by atoms with Crippen LogP contribution in [-0.4, -0.2) is 11.7 Å². The maximum absolute atomic E-state index is 11.0. The molecule has 0 saturated heterocycles. The number of amides is 1. The van der Waals surface area contributed by atoms with Crippen molar-refractivity contribution >= 4 is 6.09 Å². The van der Waals surface area contributed by atoms with Crippen LogP contribution >= 0.6 is 0 Å². The molecule has 0 spiro atoms. The first-order valence-electron chi connectivity index (χ1n) is 5.66. The zero-order valence-electron chi connectivity index (χ0n) is 10.3. The zero-order chi connectivity index (χ0) is 12.6. The summed E-state index contributed by atoms with van der Waals surface area (Å²) in [6.45, 7) is 5.94. The standard InChI is InChI=1S/C13H17NO3/c1-8-11(16-12(14)15)9-6-4-5-7-10(9)17-13(8,2)3/h4-8,11H,1-3H3,(H2,14,15). The second kappa shape index (κ2) is 3.95. The van der Waals surface area contributed by atoms with Crippen LogP contribution in [0.5, 0.6) is 5.75 Å². The maximum atomic E-state index is 11.0. The van der Waals surface area contributed by atoms with Gasteiger partial charge >= 0.3 is 6.09 Å². The Hall–Kier alpha value is -1.71. The largest absolute Gasteiger partial charge is 0.487 e. The number of para-hydroxylation sites is 1. The molecule has 1 heterocycles. The zero-order valence-corrected chi connectivity index (χ0v) is 10.3. The average molecular weight is 235 g/mol. The predicted octanol–water partition coefficient (Wildman–Crippen LogP) is 2.63. The van der Waals surface area contributed by atoms with Crippen LogP contribution in [0.2, 0.25) is 0 Å². The van der Waals surface area contributed by atoms with Crippen molar-refractivity contribution in [3.8, 4) is 5.75 Å². The molecule has 1 aliphatic rings. The van der Waals surface area contributed by atoms with Gasteiger partial charge < -0.3 is 15.2 Å². The van der Waals surface area contributed by atoms with Gasteiger partial charge in [0.2, 0.25) is 0 Å². The summed E-state index contributed by atoms with van der Waals surface area (Å²) >= 11 is 0. The summed E-state index contributed by atoms with van der Waals surface area (Å²) in [6.07, 6.45) is -1.11. The highest BCUT2D eigenvalue weighted by atomic mass is 16.6. The van der Waals surface area contributed by atoms with Crippen LogP contribution in [0.1, 0.15) is 32.4 Å². The van der Waals surface area contributed by atoms with Gasteiger partial charge in [0.05, 0.1) is 0 Å². The Morgan fingerprint density at radius 1 is 1.41 bits per heavy atom. The molecule has 1 amide bonds. The van der Waals surface area contributed by atoms with Crippen molar-refractivity contribution in [2.24, 2.45) is 11.7 Å². The summed E-state index contributed by atoms with van der Waals surface area (Å²) in [5.74, 6) is 0.784. The minimum absolute atomic E-state index is 0.0323. The molecule has 2 unspecified atom stereocenters. The van der Waals surface area contributed by atoms with Gasteiger partial charge in [-0.3, -0.25) is 0 Å². The number of hydrogen-bond acceptors (Lipinski definition) is 3. The summed E-state index contributed by atoms with van der Waals surface area (Å²) in [5.41, 5.74) is 5.61. The van der Waals surface area contributed by atoms with Gasteiger partial charge in [0.1, 0.15) is 17.5 Å². The lowest BCUT2D eigenvalue weighted by Gasteiger charge is -2.42. The Kier molecular flexibility index (Phi) is 2.73. The highest BCUT2D eigenvalue weighted by Gasteiger charge is 2.42. The van der Waals surface area contributed by atoms with Gasteiger partial charge in [-0.2, -0.15) is 0 Å². The quantitative estimate of drug-likeness (QED) is 0.813. The van der Waals surface area contributed by atoms with Crippen molar-refractivity contribution in [2.45, 2.75) is 32.5 Å². The van der Waals surface area contributed by atoms with Crippen LogP contribution < -0.4 is 10.5 Å². The van der Waals surface area contributed by atoms with Crippen LogP contribution in [0.4, 0.5) is 4.79 Å². The highest BCUT2D eigenvalue weighted by molar-refractivity contribution is 5.65. The number of carbonyl (C=O) groups excluding carboxylic acids is 1. The van der Waals surface area contributed by atoms with Gasteiger partial charge in [0.25, 0.3) is 0 Å². The van der Waals surface area contributed by atoms with E-state index in [0.717, 1.165) is 11.3 Å². The molecule has 1 aromatic carbocycles. The van der Waals surface area contributed by atoms with E-state index in [2.05, 4.69) is 0 Å². The van der Waals surface area contributed by atoms with E-state index >= 15 is 0 Å². The molecule has 1 aromatic rings. The van der Waals surface area contributed by atoms with E-state index in [4.69, 9.17) is 15.2 Å². The van der Waals surface area contributed by atoms with E-state index in [-0.39, 0.29) is 12.0 Å². The number of hydrogen-bond donors (Lipinski definition) is 1. The molecular formula is C13H17NO3. The van der Waals surface area contributed by atoms with E-state index < -0.39 is 11.7 Å². The number of nitrogens with two attached hydrogens (primary N) is 1. The molecule has 4 heteroatoms. The second-order valence-corrected chi connectivity index (χ2v) is 4.89. The van der Waals surface area contributed by atoms with E-state index in [0.29, 0.717) is 0 Å². The topological polar surface area (TPSA) is 61.5 Å². The molecule has 2 N–H and O–H groups in total. The van der Waals surface area contributed by atoms with Crippen molar-refractivity contribution in [3.05, 3.63) is 29.8 Å². The number of carbonyl (C=O) groups is 1. The van der Waals surface area contributed by atoms with Gasteiger partial charge in [-0.1, -0.05) is 25.1 Å². The fourth-order valence-electron chi connectivity index (χ4n) is 2.11. The lowest BCUT2D eigenvalue weighted by atomic mass is 9.81. The molecule has 0 bridgehead atoms. The Bertz CT molecular complexity index is 442. The average Bonchev–Trinajstić information content (AvgIpc) is 2.24. The number of benzene rings is 1. The van der Waals surface area contributed by atoms with Gasteiger partial charge in [-0.15, -0.1) is 0 Å². The van der Waals surface area contributed by atoms with Crippen LogP contribution in [0.3, 0.4) is 0 Å². The maximum Gasteiger partial charge on any atom is 0.405 e. The normalized spacial score (nSPS) is 25.6. The van der Waals surface area contributed by atoms with Gasteiger partial charge in [-0.25, -0.2) is 4.79 Å². The van der Waals surface area contributed by atoms with E-state index in [1.165, 1.54) is 0 Å². The van der Waals surface area contributed by atoms with Gasteiger partial charge in [0.15, 0.2) is 0 Å². The van der Waals surface area contributed by atoms with Crippen molar-refractivity contribution in [1.82, 2.24) is 0 Å². The van der Waals surface area contributed by atoms with Gasteiger partial charge in [-0.05, 0) is 19.9 Å². The van der Waals surface area contributed by atoms with Crippen molar-refractivity contribution in [1.29, 1.82) is 0 Å². The third kappa shape index (κ3) is 2.07.